The number of halogens is 1. The molecule has 0 unspecified atom stereocenters. The predicted octanol–water partition coefficient (Wildman–Crippen LogP) is 4.05. The molecule has 1 saturated carbocycles. The molecule has 3 nitrogen and oxygen atoms in total. The van der Waals surface area contributed by atoms with Gasteiger partial charge in [-0.05, 0) is 37.8 Å². The third kappa shape index (κ3) is 2.97. The molecule has 1 aliphatic rings. The molecule has 3 rings (SSSR count). The minimum absolute atomic E-state index is 0.226. The van der Waals surface area contributed by atoms with E-state index >= 15 is 0 Å². The molecule has 0 N–H and O–H groups in total. The van der Waals surface area contributed by atoms with Crippen LogP contribution in [0.15, 0.2) is 39.7 Å². The zero-order valence-electron chi connectivity index (χ0n) is 12.1. The molecule has 1 heterocycles. The van der Waals surface area contributed by atoms with Gasteiger partial charge in [0.15, 0.2) is 0 Å². The van der Waals surface area contributed by atoms with Crippen LogP contribution in [0.1, 0.15) is 32.1 Å². The van der Waals surface area contributed by atoms with Crippen molar-refractivity contribution in [3.8, 4) is 11.3 Å². The molecule has 0 aliphatic heterocycles. The molecule has 0 bridgehead atoms. The van der Waals surface area contributed by atoms with E-state index in [0.717, 1.165) is 23.3 Å². The Bertz CT molecular complexity index is 719. The van der Waals surface area contributed by atoms with Gasteiger partial charge in [0.1, 0.15) is 5.82 Å². The fourth-order valence-corrected chi connectivity index (χ4v) is 3.39. The Hall–Kier alpha value is -1.75. The summed E-state index contributed by atoms with van der Waals surface area (Å²) < 4.78 is 15.9. The average molecular weight is 303 g/mol. The minimum Gasteiger partial charge on any atom is -0.261 e. The fourth-order valence-electron chi connectivity index (χ4n) is 2.60. The summed E-state index contributed by atoms with van der Waals surface area (Å²) >= 11 is 1.49. The van der Waals surface area contributed by atoms with Crippen LogP contribution in [0.25, 0.3) is 11.3 Å². The molecule has 1 fully saturated rings. The molecule has 0 atom stereocenters. The Balaban J connectivity index is 2.11. The van der Waals surface area contributed by atoms with Crippen molar-refractivity contribution in [3.05, 3.63) is 40.3 Å². The predicted molar refractivity (Wildman–Crippen MR) is 85.1 cm³/mol. The first-order valence-corrected chi connectivity index (χ1v) is 8.12. The number of thiazole rings is 1. The van der Waals surface area contributed by atoms with Crippen molar-refractivity contribution in [2.45, 2.75) is 32.1 Å². The second-order valence-corrected chi connectivity index (χ2v) is 5.98. The summed E-state index contributed by atoms with van der Waals surface area (Å²) in [5, 5.41) is 6.67. The van der Waals surface area contributed by atoms with Gasteiger partial charge in [-0.25, -0.2) is 9.07 Å². The maximum atomic E-state index is 14.1. The van der Waals surface area contributed by atoms with Gasteiger partial charge in [-0.2, -0.15) is 5.10 Å². The Kier molecular flexibility index (Phi) is 4.29. The van der Waals surface area contributed by atoms with Gasteiger partial charge in [0.2, 0.25) is 4.80 Å². The highest BCUT2D eigenvalue weighted by atomic mass is 32.1. The molecule has 2 aromatic rings. The van der Waals surface area contributed by atoms with Crippen LogP contribution in [0.3, 0.4) is 0 Å². The van der Waals surface area contributed by atoms with Crippen LogP contribution in [0, 0.1) is 5.82 Å². The largest absolute Gasteiger partial charge is 0.261 e. The highest BCUT2D eigenvalue weighted by molar-refractivity contribution is 7.07. The maximum absolute atomic E-state index is 14.1. The van der Waals surface area contributed by atoms with Crippen molar-refractivity contribution in [1.82, 2.24) is 4.68 Å². The zero-order chi connectivity index (χ0) is 14.7. The highest BCUT2D eigenvalue weighted by Crippen LogP contribution is 2.24. The van der Waals surface area contributed by atoms with Crippen molar-refractivity contribution in [1.29, 1.82) is 0 Å². The van der Waals surface area contributed by atoms with Crippen LogP contribution in [0.4, 0.5) is 4.39 Å². The summed E-state index contributed by atoms with van der Waals surface area (Å²) in [7, 11) is 1.74. The standard InChI is InChI=1S/C16H18FN3S/c1-18-16-20(19-12-7-3-2-4-8-12)15(11-21-16)13-9-5-6-10-14(13)17/h5-6,9-11H,2-4,7-8H2,1H3. The van der Waals surface area contributed by atoms with Crippen molar-refractivity contribution < 1.29 is 4.39 Å². The molecular formula is C16H18FN3S. The number of hydrogen-bond acceptors (Lipinski definition) is 3. The Labute approximate surface area is 127 Å². The second kappa shape index (κ2) is 6.35. The van der Waals surface area contributed by atoms with E-state index in [1.54, 1.807) is 23.9 Å². The average Bonchev–Trinajstić information content (AvgIpc) is 2.91. The van der Waals surface area contributed by atoms with Crippen molar-refractivity contribution >= 4 is 17.0 Å². The fraction of sp³-hybridized carbons (Fsp3) is 0.375. The minimum atomic E-state index is -0.226. The van der Waals surface area contributed by atoms with Gasteiger partial charge in [-0.15, -0.1) is 11.3 Å². The van der Waals surface area contributed by atoms with Crippen LogP contribution in [-0.2, 0) is 0 Å². The molecule has 21 heavy (non-hydrogen) atoms. The summed E-state index contributed by atoms with van der Waals surface area (Å²) in [5.74, 6) is -0.226. The van der Waals surface area contributed by atoms with Gasteiger partial charge < -0.3 is 0 Å². The summed E-state index contributed by atoms with van der Waals surface area (Å²) in [4.78, 5) is 5.06. The number of benzene rings is 1. The Morgan fingerprint density at radius 2 is 1.90 bits per heavy atom. The van der Waals surface area contributed by atoms with Gasteiger partial charge in [-0.1, -0.05) is 18.6 Å². The van der Waals surface area contributed by atoms with Gasteiger partial charge >= 0.3 is 0 Å². The molecule has 0 saturated heterocycles. The first-order chi connectivity index (χ1) is 10.3. The first kappa shape index (κ1) is 14.2. The zero-order valence-corrected chi connectivity index (χ0v) is 12.9. The van der Waals surface area contributed by atoms with E-state index in [2.05, 4.69) is 4.99 Å². The van der Waals surface area contributed by atoms with Crippen LogP contribution in [0.5, 0.6) is 0 Å². The van der Waals surface area contributed by atoms with E-state index in [1.165, 1.54) is 42.4 Å². The highest BCUT2D eigenvalue weighted by Gasteiger charge is 2.13. The molecule has 5 heteroatoms. The smallest absolute Gasteiger partial charge is 0.205 e. The molecule has 1 aliphatic carbocycles. The number of nitrogens with zero attached hydrogens (tertiary/aromatic N) is 3. The molecule has 1 aromatic carbocycles. The van der Waals surface area contributed by atoms with E-state index in [0.29, 0.717) is 5.56 Å². The van der Waals surface area contributed by atoms with Gasteiger partial charge in [-0.3, -0.25) is 4.99 Å². The van der Waals surface area contributed by atoms with Gasteiger partial charge in [0.25, 0.3) is 0 Å². The van der Waals surface area contributed by atoms with Crippen molar-refractivity contribution in [2.75, 3.05) is 7.05 Å². The summed E-state index contributed by atoms with van der Waals surface area (Å²) in [6.07, 6.45) is 5.72. The number of rotatable bonds is 2. The van der Waals surface area contributed by atoms with Gasteiger partial charge in [0, 0.05) is 23.7 Å². The van der Waals surface area contributed by atoms with E-state index in [4.69, 9.17) is 5.10 Å². The van der Waals surface area contributed by atoms with Crippen molar-refractivity contribution in [2.24, 2.45) is 10.1 Å². The van der Waals surface area contributed by atoms with Crippen LogP contribution < -0.4 is 4.80 Å². The van der Waals surface area contributed by atoms with E-state index in [-0.39, 0.29) is 5.82 Å². The Morgan fingerprint density at radius 1 is 1.14 bits per heavy atom. The van der Waals surface area contributed by atoms with Gasteiger partial charge in [0.05, 0.1) is 5.69 Å². The number of hydrogen-bond donors (Lipinski definition) is 0. The van der Waals surface area contributed by atoms with Crippen molar-refractivity contribution in [3.63, 3.8) is 0 Å². The lowest BCUT2D eigenvalue weighted by Crippen LogP contribution is -2.16. The molecule has 0 spiro atoms. The molecule has 1 aromatic heterocycles. The molecular weight excluding hydrogens is 285 g/mol. The lowest BCUT2D eigenvalue weighted by atomic mass is 9.99. The maximum Gasteiger partial charge on any atom is 0.205 e. The van der Waals surface area contributed by atoms with E-state index in [9.17, 15) is 4.39 Å². The summed E-state index contributed by atoms with van der Waals surface area (Å²) in [5.41, 5.74) is 2.53. The van der Waals surface area contributed by atoms with Crippen LogP contribution >= 0.6 is 11.3 Å². The van der Waals surface area contributed by atoms with E-state index < -0.39 is 0 Å². The topological polar surface area (TPSA) is 29.6 Å². The summed E-state index contributed by atoms with van der Waals surface area (Å²) in [6.45, 7) is 0. The van der Waals surface area contributed by atoms with E-state index in [1.807, 2.05) is 11.4 Å². The number of aromatic nitrogens is 1. The third-order valence-electron chi connectivity index (χ3n) is 3.70. The molecule has 0 radical (unpaired) electrons. The summed E-state index contributed by atoms with van der Waals surface area (Å²) in [6, 6.07) is 6.81. The second-order valence-electron chi connectivity index (χ2n) is 5.15. The quantitative estimate of drug-likeness (QED) is 0.801. The molecule has 0 amide bonds. The normalized spacial score (nSPS) is 16.3. The van der Waals surface area contributed by atoms with Crippen LogP contribution in [0.2, 0.25) is 0 Å². The molecule has 110 valence electrons. The van der Waals surface area contributed by atoms with Crippen LogP contribution in [-0.4, -0.2) is 17.4 Å². The lowest BCUT2D eigenvalue weighted by molar-refractivity contribution is 0.628. The third-order valence-corrected chi connectivity index (χ3v) is 4.61. The SMILES string of the molecule is CN=c1scc(-c2ccccc2F)n1N=C1CCCCC1. The first-order valence-electron chi connectivity index (χ1n) is 7.24. The monoisotopic (exact) mass is 303 g/mol. The lowest BCUT2D eigenvalue weighted by Gasteiger charge is -2.13. The Morgan fingerprint density at radius 3 is 2.62 bits per heavy atom.